The molecule has 0 aliphatic heterocycles. The van der Waals surface area contributed by atoms with E-state index in [2.05, 4.69) is 10.6 Å². The maximum Gasteiger partial charge on any atom is 0.293 e. The lowest BCUT2D eigenvalue weighted by Crippen LogP contribution is -2.36. The highest BCUT2D eigenvalue weighted by atomic mass is 32.2. The molecule has 2 aromatic carbocycles. The highest BCUT2D eigenvalue weighted by Gasteiger charge is 2.20. The number of carbonyl (C=O) groups is 2. The quantitative estimate of drug-likeness (QED) is 0.388. The van der Waals surface area contributed by atoms with Gasteiger partial charge >= 0.3 is 0 Å². The largest absolute Gasteiger partial charge is 0.324 e. The number of anilines is 2. The predicted molar refractivity (Wildman–Crippen MR) is 116 cm³/mol. The first-order chi connectivity index (χ1) is 13.7. The van der Waals surface area contributed by atoms with Gasteiger partial charge in [0.15, 0.2) is 0 Å². The van der Waals surface area contributed by atoms with E-state index in [1.54, 1.807) is 24.9 Å². The van der Waals surface area contributed by atoms with Crippen LogP contribution in [0.5, 0.6) is 0 Å². The number of nitrogens with zero attached hydrogens (tertiary/aromatic N) is 2. The Balaban J connectivity index is 1.98. The number of amides is 2. The van der Waals surface area contributed by atoms with Crippen molar-refractivity contribution < 1.29 is 14.5 Å². The molecule has 0 atom stereocenters. The lowest BCUT2D eigenvalue weighted by atomic mass is 10.1. The summed E-state index contributed by atoms with van der Waals surface area (Å²) < 4.78 is 0. The van der Waals surface area contributed by atoms with E-state index >= 15 is 0 Å². The van der Waals surface area contributed by atoms with Gasteiger partial charge in [-0.1, -0.05) is 18.2 Å². The fourth-order valence-corrected chi connectivity index (χ4v) is 3.33. The summed E-state index contributed by atoms with van der Waals surface area (Å²) in [6.07, 6.45) is 1.92. The number of rotatable bonds is 8. The van der Waals surface area contributed by atoms with Gasteiger partial charge in [-0.05, 0) is 50.4 Å². The Bertz CT molecular complexity index is 933. The van der Waals surface area contributed by atoms with Crippen molar-refractivity contribution >= 4 is 40.6 Å². The summed E-state index contributed by atoms with van der Waals surface area (Å²) in [5.41, 5.74) is 2.23. The van der Waals surface area contributed by atoms with Crippen LogP contribution in [0.3, 0.4) is 0 Å². The van der Waals surface area contributed by atoms with Crippen molar-refractivity contribution in [2.45, 2.75) is 18.7 Å². The first kappa shape index (κ1) is 22.4. The van der Waals surface area contributed by atoms with Gasteiger partial charge in [-0.2, -0.15) is 0 Å². The molecular formula is C20H24N4O4S. The van der Waals surface area contributed by atoms with Gasteiger partial charge in [-0.3, -0.25) is 24.6 Å². The van der Waals surface area contributed by atoms with Gasteiger partial charge in [0.05, 0.1) is 23.7 Å². The van der Waals surface area contributed by atoms with Crippen molar-refractivity contribution in [1.29, 1.82) is 0 Å². The maximum absolute atomic E-state index is 12.4. The summed E-state index contributed by atoms with van der Waals surface area (Å²) >= 11 is 1.53. The van der Waals surface area contributed by atoms with Gasteiger partial charge in [0.2, 0.25) is 11.8 Å². The third kappa shape index (κ3) is 6.03. The molecule has 9 heteroatoms. The van der Waals surface area contributed by atoms with Crippen LogP contribution >= 0.6 is 11.8 Å². The number of para-hydroxylation sites is 1. The van der Waals surface area contributed by atoms with Crippen LogP contribution in [0.4, 0.5) is 17.1 Å². The van der Waals surface area contributed by atoms with Crippen LogP contribution in [0.1, 0.15) is 11.1 Å². The normalized spacial score (nSPS) is 10.7. The minimum Gasteiger partial charge on any atom is -0.324 e. The van der Waals surface area contributed by atoms with Gasteiger partial charge in [-0.25, -0.2) is 0 Å². The molecule has 8 nitrogen and oxygen atoms in total. The smallest absolute Gasteiger partial charge is 0.293 e. The molecule has 29 heavy (non-hydrogen) atoms. The van der Waals surface area contributed by atoms with Crippen LogP contribution < -0.4 is 10.6 Å². The molecule has 0 fully saturated rings. The van der Waals surface area contributed by atoms with E-state index in [0.717, 1.165) is 10.5 Å². The summed E-state index contributed by atoms with van der Waals surface area (Å²) in [6, 6.07) is 10.5. The molecule has 2 N–H and O–H groups in total. The third-order valence-corrected chi connectivity index (χ3v) is 5.18. The molecule has 2 rings (SSSR count). The molecule has 0 aliphatic rings. The highest BCUT2D eigenvalue weighted by molar-refractivity contribution is 7.98. The highest BCUT2D eigenvalue weighted by Crippen LogP contribution is 2.30. The number of hydrogen-bond acceptors (Lipinski definition) is 6. The average Bonchev–Trinajstić information content (AvgIpc) is 2.65. The Morgan fingerprint density at radius 3 is 2.31 bits per heavy atom. The molecule has 0 bridgehead atoms. The minimum absolute atomic E-state index is 0.00499. The first-order valence-corrected chi connectivity index (χ1v) is 10.1. The predicted octanol–water partition coefficient (Wildman–Crippen LogP) is 3.44. The topological polar surface area (TPSA) is 105 Å². The van der Waals surface area contributed by atoms with E-state index in [9.17, 15) is 19.7 Å². The van der Waals surface area contributed by atoms with Crippen LogP contribution in [0.25, 0.3) is 0 Å². The zero-order chi connectivity index (χ0) is 21.6. The second-order valence-corrected chi connectivity index (χ2v) is 7.48. The first-order valence-electron chi connectivity index (χ1n) is 8.88. The van der Waals surface area contributed by atoms with Crippen molar-refractivity contribution in [1.82, 2.24) is 4.90 Å². The van der Waals surface area contributed by atoms with Crippen LogP contribution in [0, 0.1) is 24.0 Å². The van der Waals surface area contributed by atoms with Gasteiger partial charge in [-0.15, -0.1) is 11.8 Å². The molecule has 0 saturated heterocycles. The van der Waals surface area contributed by atoms with E-state index in [4.69, 9.17) is 0 Å². The number of aryl methyl sites for hydroxylation is 1. The van der Waals surface area contributed by atoms with Crippen LogP contribution in [-0.2, 0) is 9.59 Å². The van der Waals surface area contributed by atoms with Crippen molar-refractivity contribution in [2.24, 2.45) is 0 Å². The molecule has 0 heterocycles. The van der Waals surface area contributed by atoms with Gasteiger partial charge < -0.3 is 10.6 Å². The third-order valence-electron chi connectivity index (χ3n) is 4.38. The zero-order valence-corrected chi connectivity index (χ0v) is 17.6. The van der Waals surface area contributed by atoms with Gasteiger partial charge in [0.1, 0.15) is 5.69 Å². The standard InChI is InChI=1S/C20H24N4O4S/c1-13-9-10-16(24(27)28)20(14(13)2)22-19(26)12-23(3)11-18(25)21-15-7-5-6-8-17(15)29-4/h5-10H,11-12H2,1-4H3,(H,21,25)(H,22,26). The second-order valence-electron chi connectivity index (χ2n) is 6.63. The second kappa shape index (κ2) is 10.0. The van der Waals surface area contributed by atoms with Crippen LogP contribution in [-0.4, -0.2) is 48.0 Å². The lowest BCUT2D eigenvalue weighted by molar-refractivity contribution is -0.384. The number of nitro groups is 1. The Morgan fingerprint density at radius 1 is 1.07 bits per heavy atom. The van der Waals surface area contributed by atoms with Crippen molar-refractivity contribution in [3.63, 3.8) is 0 Å². The number of hydrogen-bond donors (Lipinski definition) is 2. The monoisotopic (exact) mass is 416 g/mol. The van der Waals surface area contributed by atoms with E-state index < -0.39 is 10.8 Å². The van der Waals surface area contributed by atoms with Crippen LogP contribution in [0.2, 0.25) is 0 Å². The number of nitrogens with one attached hydrogen (secondary N) is 2. The van der Waals surface area contributed by atoms with Crippen molar-refractivity contribution in [3.05, 3.63) is 57.6 Å². The molecule has 0 aliphatic carbocycles. The molecule has 2 amide bonds. The number of nitro benzene ring substituents is 1. The molecule has 0 radical (unpaired) electrons. The number of thioether (sulfide) groups is 1. The van der Waals surface area contributed by atoms with Crippen LogP contribution in [0.15, 0.2) is 41.3 Å². The number of benzene rings is 2. The molecule has 0 aromatic heterocycles. The fourth-order valence-electron chi connectivity index (χ4n) is 2.77. The minimum atomic E-state index is -0.525. The summed E-state index contributed by atoms with van der Waals surface area (Å²) in [5, 5.41) is 16.7. The van der Waals surface area contributed by atoms with Gasteiger partial charge in [0.25, 0.3) is 5.69 Å². The van der Waals surface area contributed by atoms with Gasteiger partial charge in [0, 0.05) is 11.0 Å². The molecule has 2 aromatic rings. The fraction of sp³-hybridized carbons (Fsp3) is 0.300. The Hall–Kier alpha value is -2.91. The zero-order valence-electron chi connectivity index (χ0n) is 16.8. The molecule has 154 valence electrons. The summed E-state index contributed by atoms with van der Waals surface area (Å²) in [4.78, 5) is 37.9. The van der Waals surface area contributed by atoms with E-state index in [1.165, 1.54) is 17.8 Å². The van der Waals surface area contributed by atoms with Crippen molar-refractivity contribution in [3.8, 4) is 0 Å². The molecule has 0 unspecified atom stereocenters. The van der Waals surface area contributed by atoms with E-state index in [0.29, 0.717) is 11.3 Å². The summed E-state index contributed by atoms with van der Waals surface area (Å²) in [7, 11) is 1.64. The number of likely N-dealkylation sites (N-methyl/N-ethyl adjacent to an activating group) is 1. The van der Waals surface area contributed by atoms with Crippen molar-refractivity contribution in [2.75, 3.05) is 37.0 Å². The Morgan fingerprint density at radius 2 is 1.69 bits per heavy atom. The Labute approximate surface area is 173 Å². The summed E-state index contributed by atoms with van der Waals surface area (Å²) in [6.45, 7) is 3.46. The number of carbonyl (C=O) groups excluding carboxylic acids is 2. The van der Waals surface area contributed by atoms with E-state index in [-0.39, 0.29) is 30.4 Å². The molecular weight excluding hydrogens is 392 g/mol. The Kier molecular flexibility index (Phi) is 7.74. The average molecular weight is 417 g/mol. The molecule has 0 spiro atoms. The van der Waals surface area contributed by atoms with E-state index in [1.807, 2.05) is 37.4 Å². The summed E-state index contributed by atoms with van der Waals surface area (Å²) in [5.74, 6) is -0.680. The SMILES string of the molecule is CSc1ccccc1NC(=O)CN(C)CC(=O)Nc1c([N+](=O)[O-])ccc(C)c1C. The maximum atomic E-state index is 12.4. The lowest BCUT2D eigenvalue weighted by Gasteiger charge is -2.17. The molecule has 0 saturated carbocycles.